The number of rotatable bonds is 8. The highest BCUT2D eigenvalue weighted by Crippen LogP contribution is 2.20. The van der Waals surface area contributed by atoms with Gasteiger partial charge < -0.3 is 15.1 Å². The average molecular weight is 394 g/mol. The van der Waals surface area contributed by atoms with Gasteiger partial charge in [0.15, 0.2) is 0 Å². The molecule has 1 aliphatic heterocycles. The molecular formula is C24H31N3O2. The lowest BCUT2D eigenvalue weighted by molar-refractivity contribution is -0.116. The third-order valence-electron chi connectivity index (χ3n) is 5.36. The molecule has 0 radical (unpaired) electrons. The Balaban J connectivity index is 1.46. The molecule has 1 fully saturated rings. The van der Waals surface area contributed by atoms with Crippen molar-refractivity contribution in [3.05, 3.63) is 60.2 Å². The number of piperazine rings is 1. The fraction of sp³-hybridized carbons (Fsp3) is 0.417. The number of nitrogens with zero attached hydrogens (tertiary/aromatic N) is 2. The molecule has 3 rings (SSSR count). The first-order valence-electron chi connectivity index (χ1n) is 10.7. The van der Waals surface area contributed by atoms with Crippen molar-refractivity contribution in [3.8, 4) is 0 Å². The normalized spacial score (nSPS) is 14.0. The van der Waals surface area contributed by atoms with Gasteiger partial charge in [-0.2, -0.15) is 0 Å². The summed E-state index contributed by atoms with van der Waals surface area (Å²) in [6.45, 7) is 5.21. The summed E-state index contributed by atoms with van der Waals surface area (Å²) in [7, 11) is 0. The zero-order chi connectivity index (χ0) is 20.5. The van der Waals surface area contributed by atoms with E-state index in [-0.39, 0.29) is 11.8 Å². The third-order valence-corrected chi connectivity index (χ3v) is 5.36. The molecule has 2 aromatic rings. The van der Waals surface area contributed by atoms with Gasteiger partial charge in [-0.1, -0.05) is 44.4 Å². The van der Waals surface area contributed by atoms with Gasteiger partial charge in [-0.15, -0.1) is 0 Å². The van der Waals surface area contributed by atoms with E-state index in [4.69, 9.17) is 0 Å². The smallest absolute Gasteiger partial charge is 0.253 e. The van der Waals surface area contributed by atoms with Crippen LogP contribution in [0.4, 0.5) is 11.4 Å². The van der Waals surface area contributed by atoms with Crippen LogP contribution in [0.25, 0.3) is 0 Å². The Kier molecular flexibility index (Phi) is 7.68. The molecule has 0 unspecified atom stereocenters. The van der Waals surface area contributed by atoms with Gasteiger partial charge in [0.25, 0.3) is 5.91 Å². The standard InChI is InChI=1S/C24H31N3O2/c1-2-3-4-8-11-23(28)25-21-12-14-22(15-13-21)26-16-18-27(19-17-26)24(29)20-9-6-5-7-10-20/h5-7,9-10,12-15H,2-4,8,11,16-19H2,1H3,(H,25,28). The van der Waals surface area contributed by atoms with Crippen molar-refractivity contribution in [2.24, 2.45) is 0 Å². The molecule has 29 heavy (non-hydrogen) atoms. The zero-order valence-electron chi connectivity index (χ0n) is 17.3. The first-order valence-corrected chi connectivity index (χ1v) is 10.7. The Morgan fingerprint density at radius 2 is 1.55 bits per heavy atom. The van der Waals surface area contributed by atoms with Crippen LogP contribution < -0.4 is 10.2 Å². The summed E-state index contributed by atoms with van der Waals surface area (Å²) >= 11 is 0. The number of unbranched alkanes of at least 4 members (excludes halogenated alkanes) is 3. The summed E-state index contributed by atoms with van der Waals surface area (Å²) in [4.78, 5) is 28.8. The van der Waals surface area contributed by atoms with Gasteiger partial charge in [-0.05, 0) is 42.8 Å². The number of anilines is 2. The number of benzene rings is 2. The number of hydrogen-bond donors (Lipinski definition) is 1. The molecule has 0 aliphatic carbocycles. The summed E-state index contributed by atoms with van der Waals surface area (Å²) in [5, 5.41) is 2.98. The lowest BCUT2D eigenvalue weighted by atomic mass is 10.1. The molecule has 0 atom stereocenters. The van der Waals surface area contributed by atoms with Crippen LogP contribution in [0.2, 0.25) is 0 Å². The minimum absolute atomic E-state index is 0.0851. The fourth-order valence-electron chi connectivity index (χ4n) is 3.62. The molecule has 0 aromatic heterocycles. The Bertz CT molecular complexity index is 782. The van der Waals surface area contributed by atoms with E-state index in [1.165, 1.54) is 12.8 Å². The van der Waals surface area contributed by atoms with Gasteiger partial charge in [0.05, 0.1) is 0 Å². The van der Waals surface area contributed by atoms with Crippen LogP contribution in [0.1, 0.15) is 49.4 Å². The molecular weight excluding hydrogens is 362 g/mol. The zero-order valence-corrected chi connectivity index (χ0v) is 17.3. The minimum Gasteiger partial charge on any atom is -0.368 e. The summed E-state index contributed by atoms with van der Waals surface area (Å²) < 4.78 is 0. The summed E-state index contributed by atoms with van der Waals surface area (Å²) in [5.41, 5.74) is 2.71. The lowest BCUT2D eigenvalue weighted by Crippen LogP contribution is -2.48. The van der Waals surface area contributed by atoms with Crippen molar-refractivity contribution in [3.63, 3.8) is 0 Å². The fourth-order valence-corrected chi connectivity index (χ4v) is 3.62. The van der Waals surface area contributed by atoms with Gasteiger partial charge in [-0.3, -0.25) is 9.59 Å². The molecule has 1 heterocycles. The average Bonchev–Trinajstić information content (AvgIpc) is 2.77. The van der Waals surface area contributed by atoms with E-state index in [1.54, 1.807) is 0 Å². The Labute approximate surface area is 173 Å². The van der Waals surface area contributed by atoms with E-state index >= 15 is 0 Å². The maximum atomic E-state index is 12.6. The third kappa shape index (κ3) is 6.08. The molecule has 154 valence electrons. The lowest BCUT2D eigenvalue weighted by Gasteiger charge is -2.36. The van der Waals surface area contributed by atoms with Gasteiger partial charge in [-0.25, -0.2) is 0 Å². The molecule has 5 heteroatoms. The minimum atomic E-state index is 0.0851. The molecule has 0 spiro atoms. The summed E-state index contributed by atoms with van der Waals surface area (Å²) in [6.07, 6.45) is 5.01. The number of amides is 2. The highest BCUT2D eigenvalue weighted by atomic mass is 16.2. The summed E-state index contributed by atoms with van der Waals surface area (Å²) in [6, 6.07) is 17.5. The van der Waals surface area contributed by atoms with Gasteiger partial charge in [0.2, 0.25) is 5.91 Å². The predicted octanol–water partition coefficient (Wildman–Crippen LogP) is 4.56. The predicted molar refractivity (Wildman–Crippen MR) is 118 cm³/mol. The van der Waals surface area contributed by atoms with E-state index < -0.39 is 0 Å². The van der Waals surface area contributed by atoms with E-state index in [1.807, 2.05) is 59.5 Å². The first kappa shape index (κ1) is 20.9. The molecule has 0 saturated carbocycles. The highest BCUT2D eigenvalue weighted by molar-refractivity contribution is 5.94. The van der Waals surface area contributed by atoms with E-state index in [0.29, 0.717) is 19.5 Å². The number of carbonyl (C=O) groups excluding carboxylic acids is 2. The number of nitrogens with one attached hydrogen (secondary N) is 1. The molecule has 0 bridgehead atoms. The van der Waals surface area contributed by atoms with Gasteiger partial charge >= 0.3 is 0 Å². The van der Waals surface area contributed by atoms with Gasteiger partial charge in [0, 0.05) is 49.5 Å². The summed E-state index contributed by atoms with van der Waals surface area (Å²) in [5.74, 6) is 0.184. The van der Waals surface area contributed by atoms with Crippen molar-refractivity contribution >= 4 is 23.2 Å². The van der Waals surface area contributed by atoms with E-state index in [2.05, 4.69) is 17.1 Å². The Morgan fingerprint density at radius 1 is 0.862 bits per heavy atom. The van der Waals surface area contributed by atoms with Crippen LogP contribution in [0.15, 0.2) is 54.6 Å². The number of carbonyl (C=O) groups is 2. The van der Waals surface area contributed by atoms with Crippen LogP contribution in [-0.2, 0) is 4.79 Å². The second-order valence-electron chi connectivity index (χ2n) is 7.55. The second-order valence-corrected chi connectivity index (χ2v) is 7.55. The Hall–Kier alpha value is -2.82. The van der Waals surface area contributed by atoms with E-state index in [0.717, 1.165) is 42.9 Å². The molecule has 1 aliphatic rings. The molecule has 5 nitrogen and oxygen atoms in total. The van der Waals surface area contributed by atoms with Crippen LogP contribution in [0.3, 0.4) is 0 Å². The van der Waals surface area contributed by atoms with Crippen molar-refractivity contribution in [1.82, 2.24) is 4.90 Å². The Morgan fingerprint density at radius 3 is 2.21 bits per heavy atom. The molecule has 1 N–H and O–H groups in total. The van der Waals surface area contributed by atoms with Crippen molar-refractivity contribution < 1.29 is 9.59 Å². The molecule has 2 amide bonds. The monoisotopic (exact) mass is 393 g/mol. The largest absolute Gasteiger partial charge is 0.368 e. The molecule has 1 saturated heterocycles. The molecule has 2 aromatic carbocycles. The van der Waals surface area contributed by atoms with E-state index in [9.17, 15) is 9.59 Å². The maximum absolute atomic E-state index is 12.6. The van der Waals surface area contributed by atoms with Crippen molar-refractivity contribution in [2.45, 2.75) is 39.0 Å². The highest BCUT2D eigenvalue weighted by Gasteiger charge is 2.22. The number of hydrogen-bond acceptors (Lipinski definition) is 3. The van der Waals surface area contributed by atoms with Gasteiger partial charge in [0.1, 0.15) is 0 Å². The second kappa shape index (κ2) is 10.6. The first-order chi connectivity index (χ1) is 14.2. The topological polar surface area (TPSA) is 52.7 Å². The van der Waals surface area contributed by atoms with Crippen LogP contribution in [0.5, 0.6) is 0 Å². The van der Waals surface area contributed by atoms with Crippen LogP contribution >= 0.6 is 0 Å². The van der Waals surface area contributed by atoms with Crippen molar-refractivity contribution in [2.75, 3.05) is 36.4 Å². The SMILES string of the molecule is CCCCCCC(=O)Nc1ccc(N2CCN(C(=O)c3ccccc3)CC2)cc1. The van der Waals surface area contributed by atoms with Crippen LogP contribution in [-0.4, -0.2) is 42.9 Å². The van der Waals surface area contributed by atoms with Crippen LogP contribution in [0, 0.1) is 0 Å². The quantitative estimate of drug-likeness (QED) is 0.669. The van der Waals surface area contributed by atoms with Crippen molar-refractivity contribution in [1.29, 1.82) is 0 Å². The maximum Gasteiger partial charge on any atom is 0.253 e.